The Hall–Kier alpha value is -2.33. The van der Waals surface area contributed by atoms with Gasteiger partial charge in [-0.05, 0) is 23.8 Å². The van der Waals surface area contributed by atoms with Gasteiger partial charge < -0.3 is 15.5 Å². The van der Waals surface area contributed by atoms with Gasteiger partial charge in [-0.1, -0.05) is 24.3 Å². The highest BCUT2D eigenvalue weighted by Crippen LogP contribution is 2.29. The molecule has 3 N–H and O–H groups in total. The number of nitrogens with two attached hydrogens (primary N) is 1. The van der Waals surface area contributed by atoms with E-state index in [4.69, 9.17) is 10.5 Å². The summed E-state index contributed by atoms with van der Waals surface area (Å²) in [6.45, 7) is 0.480. The van der Waals surface area contributed by atoms with E-state index in [2.05, 4.69) is 9.97 Å². The monoisotopic (exact) mass is 253 g/mol. The largest absolute Gasteiger partial charge is 0.496 e. The summed E-state index contributed by atoms with van der Waals surface area (Å²) in [5.74, 6) is 1.60. The van der Waals surface area contributed by atoms with Gasteiger partial charge in [-0.25, -0.2) is 4.98 Å². The number of rotatable bonds is 3. The lowest BCUT2D eigenvalue weighted by molar-refractivity contribution is 0.416. The van der Waals surface area contributed by atoms with Crippen LogP contribution >= 0.6 is 0 Å². The maximum atomic E-state index is 5.74. The van der Waals surface area contributed by atoms with E-state index < -0.39 is 0 Å². The number of hydrogen-bond acceptors (Lipinski definition) is 3. The van der Waals surface area contributed by atoms with Gasteiger partial charge in [0.2, 0.25) is 0 Å². The molecule has 3 rings (SSSR count). The van der Waals surface area contributed by atoms with Crippen molar-refractivity contribution in [3.05, 3.63) is 48.0 Å². The van der Waals surface area contributed by atoms with Crippen LogP contribution in [0, 0.1) is 0 Å². The molecule has 0 saturated heterocycles. The third kappa shape index (κ3) is 1.96. The summed E-state index contributed by atoms with van der Waals surface area (Å²) >= 11 is 0. The highest BCUT2D eigenvalue weighted by Gasteiger charge is 2.11. The minimum atomic E-state index is 0.480. The molecule has 0 atom stereocenters. The van der Waals surface area contributed by atoms with Crippen molar-refractivity contribution in [1.29, 1.82) is 0 Å². The normalized spacial score (nSPS) is 10.8. The third-order valence-electron chi connectivity index (χ3n) is 3.18. The smallest absolute Gasteiger partial charge is 0.142 e. The molecule has 0 bridgehead atoms. The molecule has 1 heterocycles. The van der Waals surface area contributed by atoms with E-state index in [1.807, 2.05) is 42.5 Å². The Kier molecular flexibility index (Phi) is 2.93. The fourth-order valence-electron chi connectivity index (χ4n) is 2.22. The standard InChI is InChI=1S/C15H15N3O/c1-19-13-8-3-2-6-11(13)15-17-12-7-4-5-10(9-16)14(12)18-15/h2-8H,9,16H2,1H3,(H,17,18). The van der Waals surface area contributed by atoms with Crippen LogP contribution in [0.2, 0.25) is 0 Å². The second kappa shape index (κ2) is 4.74. The lowest BCUT2D eigenvalue weighted by Gasteiger charge is -2.04. The number of nitrogens with one attached hydrogen (secondary N) is 1. The van der Waals surface area contributed by atoms with Gasteiger partial charge in [0.05, 0.1) is 23.7 Å². The Morgan fingerprint density at radius 2 is 2.00 bits per heavy atom. The number of ether oxygens (including phenoxy) is 1. The molecule has 0 amide bonds. The van der Waals surface area contributed by atoms with Gasteiger partial charge in [-0.2, -0.15) is 0 Å². The first kappa shape index (κ1) is 11.7. The molecule has 19 heavy (non-hydrogen) atoms. The number of methoxy groups -OCH3 is 1. The number of benzene rings is 2. The van der Waals surface area contributed by atoms with Gasteiger partial charge in [0.25, 0.3) is 0 Å². The average Bonchev–Trinajstić information content (AvgIpc) is 2.90. The first-order valence-electron chi connectivity index (χ1n) is 6.14. The van der Waals surface area contributed by atoms with Crippen molar-refractivity contribution in [1.82, 2.24) is 9.97 Å². The van der Waals surface area contributed by atoms with E-state index in [9.17, 15) is 0 Å². The molecule has 4 heteroatoms. The average molecular weight is 253 g/mol. The molecule has 4 nitrogen and oxygen atoms in total. The van der Waals surface area contributed by atoms with E-state index in [0.29, 0.717) is 6.54 Å². The van der Waals surface area contributed by atoms with Gasteiger partial charge in [-0.3, -0.25) is 0 Å². The number of fused-ring (bicyclic) bond motifs is 1. The van der Waals surface area contributed by atoms with Crippen molar-refractivity contribution in [2.24, 2.45) is 5.73 Å². The topological polar surface area (TPSA) is 63.9 Å². The molecule has 3 aromatic rings. The number of para-hydroxylation sites is 2. The van der Waals surface area contributed by atoms with Crippen LogP contribution in [0.3, 0.4) is 0 Å². The van der Waals surface area contributed by atoms with Crippen molar-refractivity contribution in [3.63, 3.8) is 0 Å². The van der Waals surface area contributed by atoms with Crippen molar-refractivity contribution in [3.8, 4) is 17.1 Å². The predicted molar refractivity (Wildman–Crippen MR) is 76.0 cm³/mol. The maximum Gasteiger partial charge on any atom is 0.142 e. The Morgan fingerprint density at radius 1 is 1.16 bits per heavy atom. The number of nitrogens with zero attached hydrogens (tertiary/aromatic N) is 1. The van der Waals surface area contributed by atoms with Crippen LogP contribution in [-0.2, 0) is 6.54 Å². The van der Waals surface area contributed by atoms with E-state index in [1.54, 1.807) is 7.11 Å². The SMILES string of the molecule is COc1ccccc1-c1nc2c(CN)cccc2[nH]1. The fourth-order valence-corrected chi connectivity index (χ4v) is 2.22. The van der Waals surface area contributed by atoms with E-state index >= 15 is 0 Å². The van der Waals surface area contributed by atoms with Crippen LogP contribution in [0.4, 0.5) is 0 Å². The Bertz CT molecular complexity index is 718. The Balaban J connectivity index is 2.21. The summed E-state index contributed by atoms with van der Waals surface area (Å²) in [4.78, 5) is 7.96. The third-order valence-corrected chi connectivity index (χ3v) is 3.18. The van der Waals surface area contributed by atoms with E-state index in [1.165, 1.54) is 0 Å². The Labute approximate surface area is 111 Å². The quantitative estimate of drug-likeness (QED) is 0.754. The van der Waals surface area contributed by atoms with E-state index in [-0.39, 0.29) is 0 Å². The lowest BCUT2D eigenvalue weighted by Crippen LogP contribution is -1.96. The summed E-state index contributed by atoms with van der Waals surface area (Å²) in [5, 5.41) is 0. The zero-order valence-corrected chi connectivity index (χ0v) is 10.7. The summed E-state index contributed by atoms with van der Waals surface area (Å²) in [6, 6.07) is 13.8. The summed E-state index contributed by atoms with van der Waals surface area (Å²) < 4.78 is 5.37. The molecule has 2 aromatic carbocycles. The number of imidazole rings is 1. The lowest BCUT2D eigenvalue weighted by atomic mass is 10.2. The molecular weight excluding hydrogens is 238 g/mol. The van der Waals surface area contributed by atoms with Gasteiger partial charge in [0, 0.05) is 6.54 Å². The molecule has 1 aromatic heterocycles. The van der Waals surface area contributed by atoms with Crippen molar-refractivity contribution in [2.75, 3.05) is 7.11 Å². The number of aromatic nitrogens is 2. The van der Waals surface area contributed by atoms with Gasteiger partial charge in [0.1, 0.15) is 11.6 Å². The predicted octanol–water partition coefficient (Wildman–Crippen LogP) is 2.70. The van der Waals surface area contributed by atoms with Gasteiger partial charge in [0.15, 0.2) is 0 Å². The van der Waals surface area contributed by atoms with Crippen LogP contribution in [0.1, 0.15) is 5.56 Å². The second-order valence-corrected chi connectivity index (χ2v) is 4.30. The number of H-pyrrole nitrogens is 1. The molecule has 0 saturated carbocycles. The first-order valence-corrected chi connectivity index (χ1v) is 6.14. The van der Waals surface area contributed by atoms with Crippen LogP contribution in [0.15, 0.2) is 42.5 Å². The minimum Gasteiger partial charge on any atom is -0.496 e. The first-order chi connectivity index (χ1) is 9.33. The second-order valence-electron chi connectivity index (χ2n) is 4.30. The van der Waals surface area contributed by atoms with Gasteiger partial charge in [-0.15, -0.1) is 0 Å². The molecule has 0 aliphatic carbocycles. The van der Waals surface area contributed by atoms with Crippen LogP contribution < -0.4 is 10.5 Å². The molecule has 0 radical (unpaired) electrons. The highest BCUT2D eigenvalue weighted by molar-refractivity contribution is 5.83. The molecule has 0 fully saturated rings. The molecule has 0 spiro atoms. The Morgan fingerprint density at radius 3 is 2.79 bits per heavy atom. The molecule has 0 aliphatic heterocycles. The minimum absolute atomic E-state index is 0.480. The van der Waals surface area contributed by atoms with Crippen LogP contribution in [-0.4, -0.2) is 17.1 Å². The van der Waals surface area contributed by atoms with Crippen molar-refractivity contribution < 1.29 is 4.74 Å². The molecule has 0 unspecified atom stereocenters. The summed E-state index contributed by atoms with van der Waals surface area (Å²) in [6.07, 6.45) is 0. The zero-order chi connectivity index (χ0) is 13.2. The fraction of sp³-hybridized carbons (Fsp3) is 0.133. The molecular formula is C15H15N3O. The summed E-state index contributed by atoms with van der Waals surface area (Å²) in [7, 11) is 1.66. The summed E-state index contributed by atoms with van der Waals surface area (Å²) in [5.41, 5.74) is 9.64. The van der Waals surface area contributed by atoms with Crippen molar-refractivity contribution in [2.45, 2.75) is 6.54 Å². The maximum absolute atomic E-state index is 5.74. The van der Waals surface area contributed by atoms with Crippen LogP contribution in [0.25, 0.3) is 22.4 Å². The van der Waals surface area contributed by atoms with Gasteiger partial charge >= 0.3 is 0 Å². The molecule has 96 valence electrons. The highest BCUT2D eigenvalue weighted by atomic mass is 16.5. The zero-order valence-electron chi connectivity index (χ0n) is 10.7. The number of aromatic amines is 1. The van der Waals surface area contributed by atoms with Crippen LogP contribution in [0.5, 0.6) is 5.75 Å². The van der Waals surface area contributed by atoms with Crippen molar-refractivity contribution >= 4 is 11.0 Å². The number of hydrogen-bond donors (Lipinski definition) is 2. The molecule has 0 aliphatic rings. The van der Waals surface area contributed by atoms with E-state index in [0.717, 1.165) is 33.7 Å².